The molecule has 176 valence electrons. The van der Waals surface area contributed by atoms with E-state index >= 15 is 0 Å². The van der Waals surface area contributed by atoms with Gasteiger partial charge in [-0.3, -0.25) is 9.59 Å². The summed E-state index contributed by atoms with van der Waals surface area (Å²) >= 11 is 0. The molecule has 1 aliphatic carbocycles. The molecule has 2 aliphatic rings. The lowest BCUT2D eigenvalue weighted by atomic mass is 10.1. The van der Waals surface area contributed by atoms with Crippen LogP contribution >= 0.6 is 0 Å². The minimum atomic E-state index is -3.56. The first-order valence-electron chi connectivity index (χ1n) is 11.4. The monoisotopic (exact) mass is 470 g/mol. The van der Waals surface area contributed by atoms with Crippen LogP contribution in [0.5, 0.6) is 0 Å². The summed E-state index contributed by atoms with van der Waals surface area (Å²) in [5, 5.41) is 8.76. The minimum Gasteiger partial charge on any atom is -0.376 e. The second kappa shape index (κ2) is 9.93. The summed E-state index contributed by atoms with van der Waals surface area (Å²) in [6.07, 6.45) is 4.76. The van der Waals surface area contributed by atoms with Crippen LogP contribution in [0.3, 0.4) is 0 Å². The molecule has 8 nitrogen and oxygen atoms in total. The Labute approximate surface area is 194 Å². The highest BCUT2D eigenvalue weighted by Crippen LogP contribution is 2.25. The first-order valence-corrected chi connectivity index (χ1v) is 12.8. The van der Waals surface area contributed by atoms with E-state index in [2.05, 4.69) is 16.0 Å². The van der Waals surface area contributed by atoms with Gasteiger partial charge in [0, 0.05) is 24.8 Å². The standard InChI is InChI=1S/C24H30N4O4S/c1-17-9-12-19(33(31,32)28-13-5-2-6-14-28)15-22(17)25-16-23(29)27-21-8-4-3-7-20(21)24(30)26-18-10-11-18/h3-4,7-9,12,15,18,25H,2,5-6,10-11,13-14,16H2,1H3,(H,26,30)(H,27,29). The maximum Gasteiger partial charge on any atom is 0.253 e. The summed E-state index contributed by atoms with van der Waals surface area (Å²) in [6, 6.07) is 12.1. The van der Waals surface area contributed by atoms with Gasteiger partial charge < -0.3 is 16.0 Å². The van der Waals surface area contributed by atoms with Crippen molar-refractivity contribution in [3.63, 3.8) is 0 Å². The van der Waals surface area contributed by atoms with Crippen LogP contribution in [-0.4, -0.2) is 50.2 Å². The Hall–Kier alpha value is -2.91. The van der Waals surface area contributed by atoms with E-state index in [0.29, 0.717) is 30.0 Å². The Bertz CT molecular complexity index is 1140. The van der Waals surface area contributed by atoms with Gasteiger partial charge in [-0.1, -0.05) is 24.6 Å². The largest absolute Gasteiger partial charge is 0.376 e. The van der Waals surface area contributed by atoms with Crippen LogP contribution in [0, 0.1) is 6.92 Å². The lowest BCUT2D eigenvalue weighted by Gasteiger charge is -2.26. The van der Waals surface area contributed by atoms with Crippen molar-refractivity contribution in [2.75, 3.05) is 30.3 Å². The van der Waals surface area contributed by atoms with Crippen molar-refractivity contribution in [1.29, 1.82) is 0 Å². The maximum absolute atomic E-state index is 13.0. The lowest BCUT2D eigenvalue weighted by Crippen LogP contribution is -2.35. The van der Waals surface area contributed by atoms with Crippen molar-refractivity contribution in [2.45, 2.75) is 50.0 Å². The summed E-state index contributed by atoms with van der Waals surface area (Å²) < 4.78 is 27.5. The fourth-order valence-electron chi connectivity index (χ4n) is 3.86. The van der Waals surface area contributed by atoms with Crippen LogP contribution in [0.4, 0.5) is 11.4 Å². The van der Waals surface area contributed by atoms with Crippen LogP contribution in [0.2, 0.25) is 0 Å². The zero-order chi connectivity index (χ0) is 23.4. The van der Waals surface area contributed by atoms with Gasteiger partial charge in [-0.25, -0.2) is 8.42 Å². The van der Waals surface area contributed by atoms with Gasteiger partial charge in [-0.05, 0) is 62.4 Å². The van der Waals surface area contributed by atoms with Crippen LogP contribution < -0.4 is 16.0 Å². The average molecular weight is 471 g/mol. The fraction of sp³-hybridized carbons (Fsp3) is 0.417. The van der Waals surface area contributed by atoms with E-state index in [1.807, 2.05) is 6.92 Å². The molecule has 9 heteroatoms. The fourth-order valence-corrected chi connectivity index (χ4v) is 5.40. The quantitative estimate of drug-likeness (QED) is 0.550. The molecule has 1 heterocycles. The molecule has 0 spiro atoms. The molecule has 0 unspecified atom stereocenters. The molecule has 2 aromatic rings. The maximum atomic E-state index is 13.0. The molecule has 2 amide bonds. The molecule has 1 saturated heterocycles. The number of amides is 2. The number of hydrogen-bond donors (Lipinski definition) is 3. The molecule has 0 aromatic heterocycles. The molecule has 3 N–H and O–H groups in total. The summed E-state index contributed by atoms with van der Waals surface area (Å²) in [7, 11) is -3.56. The van der Waals surface area contributed by atoms with Gasteiger partial charge in [0.1, 0.15) is 0 Å². The second-order valence-electron chi connectivity index (χ2n) is 8.64. The number of benzene rings is 2. The van der Waals surface area contributed by atoms with Crippen molar-refractivity contribution < 1.29 is 18.0 Å². The third-order valence-electron chi connectivity index (χ3n) is 5.96. The number of para-hydroxylation sites is 1. The van der Waals surface area contributed by atoms with Crippen molar-refractivity contribution in [3.8, 4) is 0 Å². The Morgan fingerprint density at radius 1 is 1.00 bits per heavy atom. The van der Waals surface area contributed by atoms with Crippen LogP contribution in [0.15, 0.2) is 47.4 Å². The number of nitrogens with one attached hydrogen (secondary N) is 3. The predicted molar refractivity (Wildman–Crippen MR) is 128 cm³/mol. The summed E-state index contributed by atoms with van der Waals surface area (Å²) in [5.74, 6) is -0.529. The topological polar surface area (TPSA) is 108 Å². The van der Waals surface area contributed by atoms with E-state index in [9.17, 15) is 18.0 Å². The van der Waals surface area contributed by atoms with Gasteiger partial charge in [0.05, 0.1) is 22.7 Å². The van der Waals surface area contributed by atoms with Crippen molar-refractivity contribution in [3.05, 3.63) is 53.6 Å². The Morgan fingerprint density at radius 3 is 2.45 bits per heavy atom. The van der Waals surface area contributed by atoms with Crippen LogP contribution in [0.25, 0.3) is 0 Å². The predicted octanol–water partition coefficient (Wildman–Crippen LogP) is 3.11. The number of rotatable bonds is 8. The Balaban J connectivity index is 1.42. The summed E-state index contributed by atoms with van der Waals surface area (Å²) in [4.78, 5) is 25.3. The van der Waals surface area contributed by atoms with E-state index < -0.39 is 10.0 Å². The molecule has 33 heavy (non-hydrogen) atoms. The molecule has 2 fully saturated rings. The highest BCUT2D eigenvalue weighted by atomic mass is 32.2. The number of carbonyl (C=O) groups is 2. The minimum absolute atomic E-state index is 0.0629. The molecular formula is C24H30N4O4S. The third kappa shape index (κ3) is 5.72. The molecular weight excluding hydrogens is 440 g/mol. The lowest BCUT2D eigenvalue weighted by molar-refractivity contribution is -0.114. The third-order valence-corrected chi connectivity index (χ3v) is 7.85. The number of aryl methyl sites for hydroxylation is 1. The van der Waals surface area contributed by atoms with E-state index in [4.69, 9.17) is 0 Å². The number of piperidine rings is 1. The molecule has 2 aromatic carbocycles. The van der Waals surface area contributed by atoms with Crippen LogP contribution in [-0.2, 0) is 14.8 Å². The van der Waals surface area contributed by atoms with E-state index in [1.54, 1.807) is 42.5 Å². The molecule has 1 saturated carbocycles. The van der Waals surface area contributed by atoms with Gasteiger partial charge >= 0.3 is 0 Å². The molecule has 4 rings (SSSR count). The highest BCUT2D eigenvalue weighted by molar-refractivity contribution is 7.89. The van der Waals surface area contributed by atoms with Gasteiger partial charge in [-0.15, -0.1) is 0 Å². The molecule has 0 bridgehead atoms. The summed E-state index contributed by atoms with van der Waals surface area (Å²) in [6.45, 7) is 2.87. The number of hydrogen-bond acceptors (Lipinski definition) is 5. The first-order chi connectivity index (χ1) is 15.8. The number of nitrogens with zero attached hydrogens (tertiary/aromatic N) is 1. The normalized spacial score (nSPS) is 16.8. The van der Waals surface area contributed by atoms with Gasteiger partial charge in [0.2, 0.25) is 15.9 Å². The van der Waals surface area contributed by atoms with E-state index in [0.717, 1.165) is 37.7 Å². The molecule has 0 atom stereocenters. The highest BCUT2D eigenvalue weighted by Gasteiger charge is 2.27. The van der Waals surface area contributed by atoms with Crippen LogP contribution in [0.1, 0.15) is 48.0 Å². The zero-order valence-electron chi connectivity index (χ0n) is 18.8. The van der Waals surface area contributed by atoms with E-state index in [-0.39, 0.29) is 29.3 Å². The zero-order valence-corrected chi connectivity index (χ0v) is 19.6. The van der Waals surface area contributed by atoms with Gasteiger partial charge in [-0.2, -0.15) is 4.31 Å². The SMILES string of the molecule is Cc1ccc(S(=O)(=O)N2CCCCC2)cc1NCC(=O)Nc1ccccc1C(=O)NC1CC1. The number of anilines is 2. The molecule has 1 aliphatic heterocycles. The van der Waals surface area contributed by atoms with Gasteiger partial charge in [0.15, 0.2) is 0 Å². The van der Waals surface area contributed by atoms with Crippen molar-refractivity contribution >= 4 is 33.2 Å². The second-order valence-corrected chi connectivity index (χ2v) is 10.6. The van der Waals surface area contributed by atoms with Gasteiger partial charge in [0.25, 0.3) is 5.91 Å². The van der Waals surface area contributed by atoms with Crippen molar-refractivity contribution in [1.82, 2.24) is 9.62 Å². The number of sulfonamides is 1. The number of carbonyl (C=O) groups excluding carboxylic acids is 2. The average Bonchev–Trinajstić information content (AvgIpc) is 3.63. The Kier molecular flexibility index (Phi) is 6.99. The smallest absolute Gasteiger partial charge is 0.253 e. The van der Waals surface area contributed by atoms with E-state index in [1.165, 1.54) is 4.31 Å². The Morgan fingerprint density at radius 2 is 1.73 bits per heavy atom. The van der Waals surface area contributed by atoms with Crippen molar-refractivity contribution in [2.24, 2.45) is 0 Å². The summed E-state index contributed by atoms with van der Waals surface area (Å²) in [5.41, 5.74) is 2.29. The molecule has 0 radical (unpaired) electrons. The first kappa shape index (κ1) is 23.3.